The third-order valence-corrected chi connectivity index (χ3v) is 5.98. The van der Waals surface area contributed by atoms with Crippen LogP contribution in [0.4, 0.5) is 0 Å². The van der Waals surface area contributed by atoms with Gasteiger partial charge in [0.25, 0.3) is 10.0 Å². The highest BCUT2D eigenvalue weighted by Gasteiger charge is 2.19. The van der Waals surface area contributed by atoms with Crippen molar-refractivity contribution in [2.24, 2.45) is 0 Å². The highest BCUT2D eigenvalue weighted by molar-refractivity contribution is 9.11. The Morgan fingerprint density at radius 1 is 1.50 bits per heavy atom. The van der Waals surface area contributed by atoms with Crippen molar-refractivity contribution < 1.29 is 13.2 Å². The van der Waals surface area contributed by atoms with Crippen LogP contribution in [0.1, 0.15) is 19.4 Å². The SMILES string of the molecule is Cc1cc(S(=O)(=O)NCC(=O)NC(C)C)sc1Br. The average molecular weight is 355 g/mol. The van der Waals surface area contributed by atoms with E-state index in [4.69, 9.17) is 0 Å². The van der Waals surface area contributed by atoms with Gasteiger partial charge in [0.1, 0.15) is 4.21 Å². The number of carbonyl (C=O) groups excluding carboxylic acids is 1. The Kier molecular flexibility index (Phi) is 5.32. The highest BCUT2D eigenvalue weighted by Crippen LogP contribution is 2.30. The second kappa shape index (κ2) is 6.14. The van der Waals surface area contributed by atoms with Crippen LogP contribution in [0.3, 0.4) is 0 Å². The number of rotatable bonds is 5. The molecule has 0 aliphatic rings. The number of carbonyl (C=O) groups is 1. The molecule has 0 spiro atoms. The molecule has 0 unspecified atom stereocenters. The van der Waals surface area contributed by atoms with E-state index in [1.807, 2.05) is 20.8 Å². The number of hydrogen-bond acceptors (Lipinski definition) is 4. The molecule has 0 fully saturated rings. The van der Waals surface area contributed by atoms with Gasteiger partial charge in [0.15, 0.2) is 0 Å². The van der Waals surface area contributed by atoms with Gasteiger partial charge >= 0.3 is 0 Å². The first-order chi connectivity index (χ1) is 8.22. The second-order valence-corrected chi connectivity index (χ2v) is 8.43. The number of sulfonamides is 1. The molecule has 0 aliphatic heterocycles. The Morgan fingerprint density at radius 2 is 2.11 bits per heavy atom. The van der Waals surface area contributed by atoms with Crippen LogP contribution in [0.15, 0.2) is 14.1 Å². The molecule has 0 atom stereocenters. The zero-order valence-corrected chi connectivity index (χ0v) is 13.5. The fourth-order valence-electron chi connectivity index (χ4n) is 1.17. The molecular formula is C10H15BrN2O3S2. The maximum absolute atomic E-state index is 11.9. The molecule has 0 saturated heterocycles. The highest BCUT2D eigenvalue weighted by atomic mass is 79.9. The van der Waals surface area contributed by atoms with E-state index in [1.54, 1.807) is 6.07 Å². The maximum Gasteiger partial charge on any atom is 0.250 e. The molecule has 0 radical (unpaired) electrons. The smallest absolute Gasteiger partial charge is 0.250 e. The molecule has 1 rings (SSSR count). The third kappa shape index (κ3) is 4.34. The van der Waals surface area contributed by atoms with Crippen molar-refractivity contribution in [2.45, 2.75) is 31.0 Å². The quantitative estimate of drug-likeness (QED) is 0.843. The number of thiophene rings is 1. The van der Waals surface area contributed by atoms with Gasteiger partial charge in [0.05, 0.1) is 10.3 Å². The topological polar surface area (TPSA) is 75.3 Å². The van der Waals surface area contributed by atoms with Crippen molar-refractivity contribution in [3.05, 3.63) is 15.4 Å². The van der Waals surface area contributed by atoms with Crippen LogP contribution in [-0.4, -0.2) is 26.9 Å². The Labute approximate surface area is 119 Å². The molecule has 0 bridgehead atoms. The van der Waals surface area contributed by atoms with Gasteiger partial charge in [-0.05, 0) is 48.3 Å². The number of hydrogen-bond donors (Lipinski definition) is 2. The van der Waals surface area contributed by atoms with E-state index in [1.165, 1.54) is 0 Å². The summed E-state index contributed by atoms with van der Waals surface area (Å²) in [6, 6.07) is 1.55. The number of aryl methyl sites for hydroxylation is 1. The van der Waals surface area contributed by atoms with Crippen LogP contribution in [-0.2, 0) is 14.8 Å². The van der Waals surface area contributed by atoms with Gasteiger partial charge in [-0.3, -0.25) is 4.79 Å². The molecule has 1 amide bonds. The van der Waals surface area contributed by atoms with Crippen LogP contribution < -0.4 is 10.0 Å². The number of nitrogens with one attached hydrogen (secondary N) is 2. The summed E-state index contributed by atoms with van der Waals surface area (Å²) in [5.74, 6) is -0.346. The minimum atomic E-state index is -3.62. The van der Waals surface area contributed by atoms with Gasteiger partial charge in [-0.1, -0.05) is 0 Å². The predicted molar refractivity (Wildman–Crippen MR) is 75.2 cm³/mol. The lowest BCUT2D eigenvalue weighted by Gasteiger charge is -2.08. The molecule has 8 heteroatoms. The van der Waals surface area contributed by atoms with Crippen molar-refractivity contribution in [3.8, 4) is 0 Å². The largest absolute Gasteiger partial charge is 0.353 e. The standard InChI is InChI=1S/C10H15BrN2O3S2/c1-6(2)13-8(14)5-12-18(15,16)9-4-7(3)10(11)17-9/h4,6,12H,5H2,1-3H3,(H,13,14). The van der Waals surface area contributed by atoms with E-state index in [9.17, 15) is 13.2 Å². The summed E-state index contributed by atoms with van der Waals surface area (Å²) >= 11 is 4.39. The Balaban J connectivity index is 2.69. The zero-order valence-electron chi connectivity index (χ0n) is 10.3. The van der Waals surface area contributed by atoms with Gasteiger partial charge in [-0.2, -0.15) is 0 Å². The Hall–Kier alpha value is -0.440. The zero-order chi connectivity index (χ0) is 13.9. The molecule has 2 N–H and O–H groups in total. The van der Waals surface area contributed by atoms with E-state index in [-0.39, 0.29) is 22.7 Å². The fourth-order valence-corrected chi connectivity index (χ4v) is 4.42. The number of halogens is 1. The summed E-state index contributed by atoms with van der Waals surface area (Å²) in [7, 11) is -3.62. The van der Waals surface area contributed by atoms with Gasteiger partial charge in [-0.25, -0.2) is 13.1 Å². The Morgan fingerprint density at radius 3 is 2.56 bits per heavy atom. The molecule has 5 nitrogen and oxygen atoms in total. The summed E-state index contributed by atoms with van der Waals surface area (Å²) in [5, 5.41) is 2.61. The summed E-state index contributed by atoms with van der Waals surface area (Å²) in [4.78, 5) is 11.4. The van der Waals surface area contributed by atoms with Crippen LogP contribution in [0, 0.1) is 6.92 Å². The van der Waals surface area contributed by atoms with Crippen LogP contribution >= 0.6 is 27.3 Å². The van der Waals surface area contributed by atoms with Gasteiger partial charge in [0, 0.05) is 6.04 Å². The maximum atomic E-state index is 11.9. The predicted octanol–water partition coefficient (Wildman–Crippen LogP) is 1.62. The lowest BCUT2D eigenvalue weighted by Crippen LogP contribution is -2.39. The molecule has 1 heterocycles. The van der Waals surface area contributed by atoms with Gasteiger partial charge in [-0.15, -0.1) is 11.3 Å². The minimum Gasteiger partial charge on any atom is -0.353 e. The molecule has 1 aromatic heterocycles. The molecular weight excluding hydrogens is 340 g/mol. The van der Waals surface area contributed by atoms with Crippen molar-refractivity contribution in [3.63, 3.8) is 0 Å². The second-order valence-electron chi connectivity index (χ2n) is 4.07. The minimum absolute atomic E-state index is 0.0138. The Bertz CT molecular complexity index is 518. The average Bonchev–Trinajstić information content (AvgIpc) is 2.56. The van der Waals surface area contributed by atoms with E-state index >= 15 is 0 Å². The summed E-state index contributed by atoms with van der Waals surface area (Å²) < 4.78 is 27.0. The van der Waals surface area contributed by atoms with Gasteiger partial charge < -0.3 is 5.32 Å². The summed E-state index contributed by atoms with van der Waals surface area (Å²) in [6.07, 6.45) is 0. The summed E-state index contributed by atoms with van der Waals surface area (Å²) in [6.45, 7) is 5.18. The monoisotopic (exact) mass is 354 g/mol. The van der Waals surface area contributed by atoms with Gasteiger partial charge in [0.2, 0.25) is 5.91 Å². The summed E-state index contributed by atoms with van der Waals surface area (Å²) in [5.41, 5.74) is 0.854. The molecule has 0 saturated carbocycles. The lowest BCUT2D eigenvalue weighted by atomic mass is 10.4. The fraction of sp³-hybridized carbons (Fsp3) is 0.500. The first-order valence-corrected chi connectivity index (χ1v) is 8.36. The third-order valence-electron chi connectivity index (χ3n) is 1.97. The number of amides is 1. The van der Waals surface area contributed by atoms with E-state index in [0.29, 0.717) is 0 Å². The van der Waals surface area contributed by atoms with Crippen molar-refractivity contribution in [1.29, 1.82) is 0 Å². The molecule has 0 aliphatic carbocycles. The van der Waals surface area contributed by atoms with E-state index in [0.717, 1.165) is 20.7 Å². The van der Waals surface area contributed by atoms with Crippen LogP contribution in [0.25, 0.3) is 0 Å². The molecule has 18 heavy (non-hydrogen) atoms. The normalized spacial score (nSPS) is 11.8. The lowest BCUT2D eigenvalue weighted by molar-refractivity contribution is -0.120. The van der Waals surface area contributed by atoms with E-state index in [2.05, 4.69) is 26.0 Å². The molecule has 102 valence electrons. The van der Waals surface area contributed by atoms with Crippen LogP contribution in [0.2, 0.25) is 0 Å². The van der Waals surface area contributed by atoms with Crippen molar-refractivity contribution in [1.82, 2.24) is 10.0 Å². The van der Waals surface area contributed by atoms with Crippen molar-refractivity contribution in [2.75, 3.05) is 6.54 Å². The van der Waals surface area contributed by atoms with Crippen molar-refractivity contribution >= 4 is 43.2 Å². The van der Waals surface area contributed by atoms with E-state index < -0.39 is 10.0 Å². The van der Waals surface area contributed by atoms with Crippen LogP contribution in [0.5, 0.6) is 0 Å². The first kappa shape index (κ1) is 15.6. The first-order valence-electron chi connectivity index (χ1n) is 5.27. The molecule has 0 aromatic carbocycles. The molecule has 1 aromatic rings.